The lowest BCUT2D eigenvalue weighted by atomic mass is 9.88. The minimum absolute atomic E-state index is 0.0347. The van der Waals surface area contributed by atoms with E-state index in [1.165, 1.54) is 4.31 Å². The Bertz CT molecular complexity index is 1240. The van der Waals surface area contributed by atoms with Crippen LogP contribution in [0.1, 0.15) is 22.6 Å². The number of fused-ring (bicyclic) bond motifs is 2. The van der Waals surface area contributed by atoms with Gasteiger partial charge < -0.3 is 14.2 Å². The largest absolute Gasteiger partial charge is 0.460 e. The first-order valence-electron chi connectivity index (χ1n) is 10.7. The van der Waals surface area contributed by atoms with Gasteiger partial charge >= 0.3 is 5.97 Å². The van der Waals surface area contributed by atoms with Gasteiger partial charge in [-0.25, -0.2) is 8.42 Å². The Morgan fingerprint density at radius 1 is 0.909 bits per heavy atom. The van der Waals surface area contributed by atoms with Crippen LogP contribution in [-0.2, 0) is 30.9 Å². The van der Waals surface area contributed by atoms with Gasteiger partial charge in [0.25, 0.3) is 0 Å². The highest BCUT2D eigenvalue weighted by Gasteiger charge is 2.33. The number of hydrogen-bond acceptors (Lipinski definition) is 6. The zero-order chi connectivity index (χ0) is 22.8. The third-order valence-electron chi connectivity index (χ3n) is 5.80. The van der Waals surface area contributed by atoms with E-state index >= 15 is 0 Å². The summed E-state index contributed by atoms with van der Waals surface area (Å²) in [6.45, 7) is 1.37. The van der Waals surface area contributed by atoms with Gasteiger partial charge in [-0.2, -0.15) is 4.31 Å². The smallest absolute Gasteiger partial charge is 0.318 e. The molecule has 5 rings (SSSR count). The second-order valence-electron chi connectivity index (χ2n) is 7.88. The third kappa shape index (κ3) is 4.25. The summed E-state index contributed by atoms with van der Waals surface area (Å²) in [4.78, 5) is 13.4. The fourth-order valence-electron chi connectivity index (χ4n) is 4.13. The predicted octanol–water partition coefficient (Wildman–Crippen LogP) is 3.69. The molecule has 2 aliphatic rings. The molecule has 170 valence electrons. The van der Waals surface area contributed by atoms with Crippen molar-refractivity contribution in [1.82, 2.24) is 4.31 Å². The van der Waals surface area contributed by atoms with Crippen LogP contribution < -0.4 is 4.74 Å². The van der Waals surface area contributed by atoms with Crippen LogP contribution in [0.5, 0.6) is 11.5 Å². The first-order valence-corrected chi connectivity index (χ1v) is 12.2. The first kappa shape index (κ1) is 21.6. The first-order chi connectivity index (χ1) is 16.0. The lowest BCUT2D eigenvalue weighted by molar-refractivity contribution is -0.145. The van der Waals surface area contributed by atoms with Crippen LogP contribution in [0, 0.1) is 0 Å². The van der Waals surface area contributed by atoms with Crippen molar-refractivity contribution in [3.63, 3.8) is 0 Å². The summed E-state index contributed by atoms with van der Waals surface area (Å²) >= 11 is 0. The fraction of sp³-hybridized carbons (Fsp3) is 0.240. The number of carbonyl (C=O) groups is 1. The molecule has 0 radical (unpaired) electrons. The molecule has 2 heterocycles. The molecule has 7 nitrogen and oxygen atoms in total. The summed E-state index contributed by atoms with van der Waals surface area (Å²) in [7, 11) is -3.63. The molecular formula is C25H23NO6S. The summed E-state index contributed by atoms with van der Waals surface area (Å²) in [6, 6.07) is 21.3. The number of ether oxygens (including phenoxy) is 3. The van der Waals surface area contributed by atoms with E-state index in [1.54, 1.807) is 24.3 Å². The third-order valence-corrected chi connectivity index (χ3v) is 7.70. The maximum atomic E-state index is 13.2. The summed E-state index contributed by atoms with van der Waals surface area (Å²) in [5.74, 6) is 0.208. The molecule has 33 heavy (non-hydrogen) atoms. The summed E-state index contributed by atoms with van der Waals surface area (Å²) in [5, 5.41) is 0. The zero-order valence-electron chi connectivity index (χ0n) is 17.8. The zero-order valence-corrected chi connectivity index (χ0v) is 18.7. The number of morpholine rings is 1. The van der Waals surface area contributed by atoms with E-state index in [9.17, 15) is 13.2 Å². The van der Waals surface area contributed by atoms with Crippen molar-refractivity contribution in [3.05, 3.63) is 89.5 Å². The van der Waals surface area contributed by atoms with Gasteiger partial charge in [-0.15, -0.1) is 0 Å². The standard InChI is InChI=1S/C25H23NO6S/c27-25(24-20-8-1-3-10-22(20)32-23-11-4-2-9-21(23)24)31-17-18-6-5-7-19(16-18)33(28,29)26-12-14-30-15-13-26/h1-11,16,24H,12-15,17H2. The molecule has 0 bridgehead atoms. The maximum Gasteiger partial charge on any atom is 0.318 e. The number of esters is 1. The van der Waals surface area contributed by atoms with Crippen LogP contribution >= 0.6 is 0 Å². The fourth-order valence-corrected chi connectivity index (χ4v) is 5.61. The van der Waals surface area contributed by atoms with E-state index < -0.39 is 21.9 Å². The van der Waals surface area contributed by atoms with E-state index in [-0.39, 0.29) is 11.5 Å². The molecule has 0 atom stereocenters. The van der Waals surface area contributed by atoms with Crippen LogP contribution in [-0.4, -0.2) is 45.0 Å². The van der Waals surface area contributed by atoms with Crippen molar-refractivity contribution in [2.45, 2.75) is 17.4 Å². The van der Waals surface area contributed by atoms with Crippen molar-refractivity contribution in [1.29, 1.82) is 0 Å². The number of para-hydroxylation sites is 2. The van der Waals surface area contributed by atoms with Gasteiger partial charge in [0.15, 0.2) is 0 Å². The lowest BCUT2D eigenvalue weighted by Gasteiger charge is -2.27. The second kappa shape index (κ2) is 8.97. The Morgan fingerprint density at radius 3 is 2.21 bits per heavy atom. The maximum absolute atomic E-state index is 13.2. The quantitative estimate of drug-likeness (QED) is 0.535. The van der Waals surface area contributed by atoms with Gasteiger partial charge in [0.1, 0.15) is 24.0 Å². The van der Waals surface area contributed by atoms with Gasteiger partial charge in [0.05, 0.1) is 18.1 Å². The molecule has 0 aliphatic carbocycles. The van der Waals surface area contributed by atoms with E-state index in [1.807, 2.05) is 48.5 Å². The number of hydrogen-bond donors (Lipinski definition) is 0. The summed E-state index contributed by atoms with van der Waals surface area (Å²) in [5.41, 5.74) is 2.08. The molecule has 0 spiro atoms. The number of carbonyl (C=O) groups excluding carboxylic acids is 1. The van der Waals surface area contributed by atoms with Crippen LogP contribution in [0.15, 0.2) is 77.7 Å². The van der Waals surface area contributed by atoms with Crippen LogP contribution in [0.25, 0.3) is 0 Å². The molecule has 0 saturated carbocycles. The van der Waals surface area contributed by atoms with Crippen LogP contribution in [0.4, 0.5) is 0 Å². The molecule has 0 aromatic heterocycles. The Hall–Kier alpha value is -3.20. The highest BCUT2D eigenvalue weighted by molar-refractivity contribution is 7.89. The molecule has 3 aromatic rings. The normalized spacial score (nSPS) is 16.4. The van der Waals surface area contributed by atoms with E-state index in [0.29, 0.717) is 43.4 Å². The highest BCUT2D eigenvalue weighted by Crippen LogP contribution is 2.44. The average Bonchev–Trinajstić information content (AvgIpc) is 2.86. The Balaban J connectivity index is 1.36. The van der Waals surface area contributed by atoms with Gasteiger partial charge in [-0.05, 0) is 29.8 Å². The van der Waals surface area contributed by atoms with Crippen molar-refractivity contribution in [2.24, 2.45) is 0 Å². The van der Waals surface area contributed by atoms with Gasteiger partial charge in [-0.1, -0.05) is 48.5 Å². The molecule has 3 aromatic carbocycles. The monoisotopic (exact) mass is 465 g/mol. The van der Waals surface area contributed by atoms with E-state index in [0.717, 1.165) is 11.1 Å². The van der Waals surface area contributed by atoms with Crippen molar-refractivity contribution < 1.29 is 27.4 Å². The summed E-state index contributed by atoms with van der Waals surface area (Å²) in [6.07, 6.45) is 0. The summed E-state index contributed by atoms with van der Waals surface area (Å²) < 4.78 is 44.2. The van der Waals surface area contributed by atoms with Crippen LogP contribution in [0.2, 0.25) is 0 Å². The minimum atomic E-state index is -3.63. The molecule has 1 fully saturated rings. The van der Waals surface area contributed by atoms with Gasteiger partial charge in [-0.3, -0.25) is 4.79 Å². The molecule has 8 heteroatoms. The molecule has 0 amide bonds. The minimum Gasteiger partial charge on any atom is -0.460 e. The number of nitrogens with zero attached hydrogens (tertiary/aromatic N) is 1. The van der Waals surface area contributed by atoms with Crippen LogP contribution in [0.3, 0.4) is 0 Å². The average molecular weight is 466 g/mol. The Labute approximate surface area is 192 Å². The van der Waals surface area contributed by atoms with Gasteiger partial charge in [0.2, 0.25) is 10.0 Å². The topological polar surface area (TPSA) is 82.1 Å². The second-order valence-corrected chi connectivity index (χ2v) is 9.82. The SMILES string of the molecule is O=C(OCc1cccc(S(=O)(=O)N2CCOCC2)c1)C1c2ccccc2Oc2ccccc21. The molecular weight excluding hydrogens is 442 g/mol. The number of benzene rings is 3. The van der Waals surface area contributed by atoms with Gasteiger partial charge in [0, 0.05) is 24.2 Å². The molecule has 0 unspecified atom stereocenters. The number of sulfonamides is 1. The van der Waals surface area contributed by atoms with Crippen molar-refractivity contribution in [2.75, 3.05) is 26.3 Å². The highest BCUT2D eigenvalue weighted by atomic mass is 32.2. The van der Waals surface area contributed by atoms with Crippen molar-refractivity contribution >= 4 is 16.0 Å². The number of rotatable bonds is 5. The Kier molecular flexibility index (Phi) is 5.88. The van der Waals surface area contributed by atoms with E-state index in [4.69, 9.17) is 14.2 Å². The lowest BCUT2D eigenvalue weighted by Crippen LogP contribution is -2.40. The Morgan fingerprint density at radius 2 is 1.55 bits per heavy atom. The molecule has 1 saturated heterocycles. The van der Waals surface area contributed by atoms with Crippen molar-refractivity contribution in [3.8, 4) is 11.5 Å². The van der Waals surface area contributed by atoms with E-state index in [2.05, 4.69) is 0 Å². The molecule has 0 N–H and O–H groups in total. The predicted molar refractivity (Wildman–Crippen MR) is 121 cm³/mol. The molecule has 2 aliphatic heterocycles.